The van der Waals surface area contributed by atoms with Gasteiger partial charge in [-0.15, -0.1) is 0 Å². The van der Waals surface area contributed by atoms with Gasteiger partial charge in [-0.1, -0.05) is 267 Å². The SMILES string of the molecule is CCC/C=C\C/C=C\CCCCCCCC(=O)OCC(COC(=O)CCCCCCCCCCCCCCCCCCC/C=C\C/C=C\CCCCCCC)OC(=O)CCCCCCC/C=C\C/C=C\CCC. The predicted octanol–water partition coefficient (Wildman–Crippen LogP) is 21.3. The third-order valence-corrected chi connectivity index (χ3v) is 13.6. The molecule has 6 nitrogen and oxygen atoms in total. The fourth-order valence-corrected chi connectivity index (χ4v) is 8.90. The van der Waals surface area contributed by atoms with E-state index in [4.69, 9.17) is 14.2 Å². The van der Waals surface area contributed by atoms with Crippen molar-refractivity contribution in [2.45, 2.75) is 322 Å². The minimum atomic E-state index is -0.787. The number of carbonyl (C=O) groups is 3. The van der Waals surface area contributed by atoms with Crippen LogP contribution in [0.2, 0.25) is 0 Å². The van der Waals surface area contributed by atoms with Crippen molar-refractivity contribution in [1.29, 1.82) is 0 Å². The lowest BCUT2D eigenvalue weighted by molar-refractivity contribution is -0.167. The summed E-state index contributed by atoms with van der Waals surface area (Å²) in [7, 11) is 0. The van der Waals surface area contributed by atoms with E-state index in [2.05, 4.69) is 93.7 Å². The van der Waals surface area contributed by atoms with Crippen molar-refractivity contribution >= 4 is 17.9 Å². The molecule has 73 heavy (non-hydrogen) atoms. The van der Waals surface area contributed by atoms with Crippen molar-refractivity contribution in [3.63, 3.8) is 0 Å². The minimum Gasteiger partial charge on any atom is -0.462 e. The maximum absolute atomic E-state index is 12.8. The van der Waals surface area contributed by atoms with Crippen LogP contribution < -0.4 is 0 Å². The van der Waals surface area contributed by atoms with Crippen LogP contribution in [0.15, 0.2) is 72.9 Å². The van der Waals surface area contributed by atoms with Gasteiger partial charge in [-0.25, -0.2) is 0 Å². The molecular weight excluding hydrogens is 901 g/mol. The van der Waals surface area contributed by atoms with Crippen LogP contribution in [0.25, 0.3) is 0 Å². The number of unbranched alkanes of at least 4 members (excludes halogenated alkanes) is 34. The molecule has 0 bridgehead atoms. The summed E-state index contributed by atoms with van der Waals surface area (Å²) in [6.45, 7) is 6.50. The molecule has 0 heterocycles. The first kappa shape index (κ1) is 69.8. The zero-order valence-electron chi connectivity index (χ0n) is 48.4. The molecule has 0 saturated heterocycles. The number of carbonyl (C=O) groups excluding carboxylic acids is 3. The van der Waals surface area contributed by atoms with E-state index in [1.54, 1.807) is 0 Å². The van der Waals surface area contributed by atoms with Gasteiger partial charge < -0.3 is 14.2 Å². The van der Waals surface area contributed by atoms with E-state index < -0.39 is 6.10 Å². The van der Waals surface area contributed by atoms with Crippen LogP contribution in [0.3, 0.4) is 0 Å². The van der Waals surface area contributed by atoms with Gasteiger partial charge in [-0.2, -0.15) is 0 Å². The highest BCUT2D eigenvalue weighted by Crippen LogP contribution is 2.17. The van der Waals surface area contributed by atoms with Gasteiger partial charge >= 0.3 is 17.9 Å². The first-order valence-corrected chi connectivity index (χ1v) is 31.4. The van der Waals surface area contributed by atoms with Crippen LogP contribution in [0, 0.1) is 0 Å². The molecule has 1 unspecified atom stereocenters. The van der Waals surface area contributed by atoms with Crippen LogP contribution in [-0.4, -0.2) is 37.2 Å². The highest BCUT2D eigenvalue weighted by Gasteiger charge is 2.19. The summed E-state index contributed by atoms with van der Waals surface area (Å²) in [5.74, 6) is -0.903. The lowest BCUT2D eigenvalue weighted by Gasteiger charge is -2.18. The summed E-state index contributed by atoms with van der Waals surface area (Å²) in [6.07, 6.45) is 79.2. The second-order valence-corrected chi connectivity index (χ2v) is 21.0. The summed E-state index contributed by atoms with van der Waals surface area (Å²) in [4.78, 5) is 38.2. The van der Waals surface area contributed by atoms with Gasteiger partial charge in [0.1, 0.15) is 13.2 Å². The Labute approximate surface area is 453 Å². The molecule has 0 fully saturated rings. The molecule has 0 aromatic rings. The first-order chi connectivity index (χ1) is 36.0. The summed E-state index contributed by atoms with van der Waals surface area (Å²) in [5, 5.41) is 0. The van der Waals surface area contributed by atoms with Gasteiger partial charge in [0.15, 0.2) is 6.10 Å². The van der Waals surface area contributed by atoms with E-state index in [1.807, 2.05) is 0 Å². The van der Waals surface area contributed by atoms with E-state index in [-0.39, 0.29) is 31.1 Å². The van der Waals surface area contributed by atoms with Crippen molar-refractivity contribution in [2.24, 2.45) is 0 Å². The molecule has 0 rings (SSSR count). The predicted molar refractivity (Wildman–Crippen MR) is 316 cm³/mol. The standard InChI is InChI=1S/C67H118O6/c1-4-7-10-13-16-19-22-25-26-27-28-29-30-31-32-33-34-35-36-37-38-39-40-43-45-48-51-54-57-60-66(69)72-63-64(73-67(70)61-58-55-52-49-46-42-24-21-18-15-12-9-6-3)62-71-65(68)59-56-53-50-47-44-41-23-20-17-14-11-8-5-2/h11-12,14-15,20-25,27-28,64H,4-10,13,16-19,26,29-63H2,1-3H3/b14-11-,15-12-,23-20-,24-21-,25-22-,28-27-. The number of hydrogen-bond acceptors (Lipinski definition) is 6. The average molecular weight is 1020 g/mol. The molecule has 0 aromatic heterocycles. The van der Waals surface area contributed by atoms with E-state index in [0.29, 0.717) is 19.3 Å². The van der Waals surface area contributed by atoms with Crippen LogP contribution in [0.4, 0.5) is 0 Å². The van der Waals surface area contributed by atoms with Crippen molar-refractivity contribution in [3.8, 4) is 0 Å². The third kappa shape index (κ3) is 59.6. The van der Waals surface area contributed by atoms with Crippen molar-refractivity contribution < 1.29 is 28.6 Å². The van der Waals surface area contributed by atoms with E-state index in [1.165, 1.54) is 154 Å². The second-order valence-electron chi connectivity index (χ2n) is 21.0. The molecule has 0 aromatic carbocycles. The molecule has 0 radical (unpaired) electrons. The lowest BCUT2D eigenvalue weighted by atomic mass is 10.0. The molecule has 0 aliphatic carbocycles. The van der Waals surface area contributed by atoms with Gasteiger partial charge in [-0.05, 0) is 103 Å². The smallest absolute Gasteiger partial charge is 0.306 e. The summed E-state index contributed by atoms with van der Waals surface area (Å²) in [6, 6.07) is 0. The zero-order valence-corrected chi connectivity index (χ0v) is 48.4. The normalized spacial score (nSPS) is 12.5. The molecule has 422 valence electrons. The Morgan fingerprint density at radius 3 is 0.808 bits per heavy atom. The molecule has 0 N–H and O–H groups in total. The third-order valence-electron chi connectivity index (χ3n) is 13.6. The first-order valence-electron chi connectivity index (χ1n) is 31.4. The number of ether oxygens (including phenoxy) is 3. The fraction of sp³-hybridized carbons (Fsp3) is 0.776. The van der Waals surface area contributed by atoms with Crippen molar-refractivity contribution in [3.05, 3.63) is 72.9 Å². The van der Waals surface area contributed by atoms with Gasteiger partial charge in [0.2, 0.25) is 0 Å². The van der Waals surface area contributed by atoms with Gasteiger partial charge in [0.05, 0.1) is 0 Å². The highest BCUT2D eigenvalue weighted by molar-refractivity contribution is 5.71. The Kier molecular flexibility index (Phi) is 58.7. The van der Waals surface area contributed by atoms with E-state index in [9.17, 15) is 14.4 Å². The summed E-state index contributed by atoms with van der Waals surface area (Å²) in [5.41, 5.74) is 0. The molecule has 0 aliphatic heterocycles. The zero-order chi connectivity index (χ0) is 52.9. The van der Waals surface area contributed by atoms with Crippen LogP contribution in [0.1, 0.15) is 316 Å². The van der Waals surface area contributed by atoms with Crippen LogP contribution in [0.5, 0.6) is 0 Å². The molecule has 0 spiro atoms. The Bertz CT molecular complexity index is 1360. The lowest BCUT2D eigenvalue weighted by Crippen LogP contribution is -2.30. The molecule has 1 atom stereocenters. The Balaban J connectivity index is 4.17. The Morgan fingerprint density at radius 1 is 0.274 bits per heavy atom. The topological polar surface area (TPSA) is 78.9 Å². The van der Waals surface area contributed by atoms with Gasteiger partial charge in [0, 0.05) is 19.3 Å². The fourth-order valence-electron chi connectivity index (χ4n) is 8.90. The number of esters is 3. The quantitative estimate of drug-likeness (QED) is 0.0261. The Morgan fingerprint density at radius 2 is 0.521 bits per heavy atom. The van der Waals surface area contributed by atoms with Gasteiger partial charge in [-0.3, -0.25) is 14.4 Å². The summed E-state index contributed by atoms with van der Waals surface area (Å²) >= 11 is 0. The average Bonchev–Trinajstić information content (AvgIpc) is 3.39. The van der Waals surface area contributed by atoms with E-state index >= 15 is 0 Å². The number of allylic oxidation sites excluding steroid dienone is 12. The molecule has 6 heteroatoms. The van der Waals surface area contributed by atoms with Crippen LogP contribution >= 0.6 is 0 Å². The molecule has 0 saturated carbocycles. The second kappa shape index (κ2) is 61.4. The highest BCUT2D eigenvalue weighted by atomic mass is 16.6. The minimum absolute atomic E-state index is 0.0838. The molecule has 0 aliphatic rings. The number of hydrogen-bond donors (Lipinski definition) is 0. The van der Waals surface area contributed by atoms with Gasteiger partial charge in [0.25, 0.3) is 0 Å². The molecular formula is C67H118O6. The largest absolute Gasteiger partial charge is 0.462 e. The monoisotopic (exact) mass is 1020 g/mol. The maximum atomic E-state index is 12.8. The van der Waals surface area contributed by atoms with Crippen molar-refractivity contribution in [1.82, 2.24) is 0 Å². The number of rotatable bonds is 57. The van der Waals surface area contributed by atoms with Crippen molar-refractivity contribution in [2.75, 3.05) is 13.2 Å². The molecule has 0 amide bonds. The maximum Gasteiger partial charge on any atom is 0.306 e. The Hall–Kier alpha value is -3.15. The summed E-state index contributed by atoms with van der Waals surface area (Å²) < 4.78 is 16.9. The van der Waals surface area contributed by atoms with Crippen LogP contribution in [-0.2, 0) is 28.6 Å². The van der Waals surface area contributed by atoms with E-state index in [0.717, 1.165) is 122 Å².